The molecule has 0 aliphatic carbocycles. The summed E-state index contributed by atoms with van der Waals surface area (Å²) in [5.74, 6) is -0.900. The fourth-order valence-electron chi connectivity index (χ4n) is 2.11. The van der Waals surface area contributed by atoms with Crippen LogP contribution in [0, 0.1) is 0 Å². The number of aromatic nitrogens is 1. The lowest BCUT2D eigenvalue weighted by Crippen LogP contribution is -2.09. The molecule has 0 aliphatic rings. The Morgan fingerprint density at radius 1 is 1.38 bits per heavy atom. The van der Waals surface area contributed by atoms with E-state index in [2.05, 4.69) is 4.36 Å². The normalized spacial score (nSPS) is 12.0. The average Bonchev–Trinajstić information content (AvgIpc) is 3.01. The van der Waals surface area contributed by atoms with Gasteiger partial charge in [0.1, 0.15) is 6.04 Å². The fraction of sp³-hybridized carbons (Fsp3) is 0.308. The molecule has 0 saturated carbocycles. The van der Waals surface area contributed by atoms with Crippen LogP contribution in [0.2, 0.25) is 0 Å². The molecular weight excluding hydrogens is 312 g/mol. The van der Waals surface area contributed by atoms with Crippen molar-refractivity contribution in [3.8, 4) is 0 Å². The Kier molecular flexibility index (Phi) is 4.92. The summed E-state index contributed by atoms with van der Waals surface area (Å²) >= 11 is 1.45. The van der Waals surface area contributed by atoms with Crippen LogP contribution in [-0.2, 0) is 35.2 Å². The molecule has 6 nitrogen and oxygen atoms in total. The highest BCUT2D eigenvalue weighted by Crippen LogP contribution is 2.27. The number of nitrogens with zero attached hydrogens (tertiary/aromatic N) is 2. The van der Waals surface area contributed by atoms with Gasteiger partial charge >= 0.3 is 16.5 Å². The van der Waals surface area contributed by atoms with Crippen LogP contribution in [0.15, 0.2) is 34.0 Å². The van der Waals surface area contributed by atoms with E-state index >= 15 is 0 Å². The van der Waals surface area contributed by atoms with E-state index in [0.717, 1.165) is 10.6 Å². The molecule has 21 heavy (non-hydrogen) atoms. The standard InChI is InChI=1S/C13H14N2O4S2/c1-15-9(4-5-10(15)8-13(16)17)7-11(14-21(18)19)12-3-2-6-20-12/h2-6,11H,7-8H2,1H3,(H,16,17). The lowest BCUT2D eigenvalue weighted by atomic mass is 10.1. The van der Waals surface area contributed by atoms with E-state index in [1.165, 1.54) is 11.3 Å². The molecule has 0 amide bonds. The summed E-state index contributed by atoms with van der Waals surface area (Å²) in [5.41, 5.74) is 1.52. The predicted octanol–water partition coefficient (Wildman–Crippen LogP) is 2.06. The molecule has 1 unspecified atom stereocenters. The number of aliphatic carboxylic acids is 1. The number of hydrogen-bond acceptors (Lipinski definition) is 5. The minimum atomic E-state index is -2.48. The second kappa shape index (κ2) is 6.68. The highest BCUT2D eigenvalue weighted by Gasteiger charge is 2.16. The molecule has 0 radical (unpaired) electrons. The van der Waals surface area contributed by atoms with Gasteiger partial charge in [0.25, 0.3) is 0 Å². The Morgan fingerprint density at radius 2 is 2.10 bits per heavy atom. The van der Waals surface area contributed by atoms with Gasteiger partial charge in [-0.05, 0) is 23.6 Å². The van der Waals surface area contributed by atoms with Gasteiger partial charge in [0.15, 0.2) is 0 Å². The van der Waals surface area contributed by atoms with Crippen LogP contribution in [0.3, 0.4) is 0 Å². The van der Waals surface area contributed by atoms with Crippen molar-refractivity contribution in [1.82, 2.24) is 4.57 Å². The predicted molar refractivity (Wildman–Crippen MR) is 78.9 cm³/mol. The third-order valence-corrected chi connectivity index (χ3v) is 4.55. The Bertz CT molecular complexity index is 752. The Balaban J connectivity index is 2.27. The largest absolute Gasteiger partial charge is 0.481 e. The van der Waals surface area contributed by atoms with Crippen molar-refractivity contribution in [3.05, 3.63) is 45.9 Å². The maximum absolute atomic E-state index is 10.9. The Labute approximate surface area is 127 Å². The summed E-state index contributed by atoms with van der Waals surface area (Å²) in [7, 11) is -0.713. The number of hydrogen-bond donors (Lipinski definition) is 1. The molecular formula is C13H14N2O4S2. The van der Waals surface area contributed by atoms with E-state index in [0.29, 0.717) is 12.1 Å². The second-order valence-electron chi connectivity index (χ2n) is 4.50. The Hall–Kier alpha value is -1.93. The lowest BCUT2D eigenvalue weighted by Gasteiger charge is -2.11. The zero-order chi connectivity index (χ0) is 15.4. The topological polar surface area (TPSA) is 88.7 Å². The minimum absolute atomic E-state index is 0.0647. The van der Waals surface area contributed by atoms with Crippen molar-refractivity contribution in [2.45, 2.75) is 18.9 Å². The van der Waals surface area contributed by atoms with Gasteiger partial charge in [-0.1, -0.05) is 6.07 Å². The highest BCUT2D eigenvalue weighted by atomic mass is 32.2. The third kappa shape index (κ3) is 4.02. The number of carboxylic acids is 1. The van der Waals surface area contributed by atoms with E-state index in [9.17, 15) is 13.2 Å². The van der Waals surface area contributed by atoms with Gasteiger partial charge in [-0.25, -0.2) is 0 Å². The first-order valence-electron chi connectivity index (χ1n) is 6.16. The van der Waals surface area contributed by atoms with Gasteiger partial charge in [-0.15, -0.1) is 11.3 Å². The van der Waals surface area contributed by atoms with Gasteiger partial charge in [-0.3, -0.25) is 4.79 Å². The van der Waals surface area contributed by atoms with Gasteiger partial charge in [0.05, 0.1) is 6.42 Å². The zero-order valence-electron chi connectivity index (χ0n) is 11.3. The molecule has 0 spiro atoms. The molecule has 2 aromatic heterocycles. The third-order valence-electron chi connectivity index (χ3n) is 3.15. The van der Waals surface area contributed by atoms with E-state index in [1.54, 1.807) is 17.7 Å². The molecule has 2 heterocycles. The first kappa shape index (κ1) is 15.5. The van der Waals surface area contributed by atoms with Crippen molar-refractivity contribution in [3.63, 3.8) is 0 Å². The maximum atomic E-state index is 10.9. The van der Waals surface area contributed by atoms with E-state index in [-0.39, 0.29) is 6.42 Å². The molecule has 0 bridgehead atoms. The summed E-state index contributed by atoms with van der Waals surface area (Å²) in [5, 5.41) is 10.7. The summed E-state index contributed by atoms with van der Waals surface area (Å²) in [6.45, 7) is 0. The number of carboxylic acid groups (broad SMARTS) is 1. The summed E-state index contributed by atoms with van der Waals surface area (Å²) in [6.07, 6.45) is 0.343. The SMILES string of the molecule is Cn1c(CC(=O)O)ccc1CC(N=S(=O)=O)c1cccs1. The van der Waals surface area contributed by atoms with Crippen LogP contribution >= 0.6 is 11.3 Å². The number of carbonyl (C=O) groups is 1. The quantitative estimate of drug-likeness (QED) is 0.880. The first-order chi connectivity index (χ1) is 9.97. The molecule has 0 fully saturated rings. The first-order valence-corrected chi connectivity index (χ1v) is 8.07. The molecule has 2 aromatic rings. The van der Waals surface area contributed by atoms with Crippen molar-refractivity contribution in [2.24, 2.45) is 11.4 Å². The fourth-order valence-corrected chi connectivity index (χ4v) is 3.34. The zero-order valence-corrected chi connectivity index (χ0v) is 12.9. The van der Waals surface area contributed by atoms with Crippen molar-refractivity contribution >= 4 is 27.8 Å². The van der Waals surface area contributed by atoms with Crippen LogP contribution in [-0.4, -0.2) is 24.1 Å². The highest BCUT2D eigenvalue weighted by molar-refractivity contribution is 7.61. The summed E-state index contributed by atoms with van der Waals surface area (Å²) in [4.78, 5) is 11.6. The van der Waals surface area contributed by atoms with Crippen LogP contribution < -0.4 is 0 Å². The maximum Gasteiger partial charge on any atom is 0.311 e. The molecule has 0 saturated heterocycles. The van der Waals surface area contributed by atoms with Crippen LogP contribution in [0.25, 0.3) is 0 Å². The minimum Gasteiger partial charge on any atom is -0.481 e. The van der Waals surface area contributed by atoms with Crippen LogP contribution in [0.4, 0.5) is 0 Å². The van der Waals surface area contributed by atoms with Crippen molar-refractivity contribution in [2.75, 3.05) is 0 Å². The molecule has 1 atom stereocenters. The smallest absolute Gasteiger partial charge is 0.311 e. The second-order valence-corrected chi connectivity index (χ2v) is 6.13. The monoisotopic (exact) mass is 326 g/mol. The van der Waals surface area contributed by atoms with E-state index in [1.807, 2.05) is 23.6 Å². The molecule has 2 rings (SSSR count). The molecule has 0 aliphatic heterocycles. The summed E-state index contributed by atoms with van der Waals surface area (Å²) in [6, 6.07) is 6.75. The van der Waals surface area contributed by atoms with Gasteiger partial charge in [-0.2, -0.15) is 12.8 Å². The van der Waals surface area contributed by atoms with Gasteiger partial charge in [0, 0.05) is 29.7 Å². The van der Waals surface area contributed by atoms with Gasteiger partial charge in [0.2, 0.25) is 0 Å². The number of thiophene rings is 1. The van der Waals surface area contributed by atoms with Crippen LogP contribution in [0.1, 0.15) is 22.3 Å². The Morgan fingerprint density at radius 3 is 2.67 bits per heavy atom. The molecule has 8 heteroatoms. The summed E-state index contributed by atoms with van der Waals surface area (Å²) < 4.78 is 27.3. The van der Waals surface area contributed by atoms with Crippen molar-refractivity contribution in [1.29, 1.82) is 0 Å². The van der Waals surface area contributed by atoms with E-state index in [4.69, 9.17) is 5.11 Å². The molecule has 1 N–H and O–H groups in total. The average molecular weight is 326 g/mol. The lowest BCUT2D eigenvalue weighted by molar-refractivity contribution is -0.136. The van der Waals surface area contributed by atoms with Gasteiger partial charge < -0.3 is 9.67 Å². The van der Waals surface area contributed by atoms with Crippen LogP contribution in [0.5, 0.6) is 0 Å². The number of rotatable bonds is 6. The molecule has 0 aromatic carbocycles. The van der Waals surface area contributed by atoms with E-state index < -0.39 is 22.5 Å². The van der Waals surface area contributed by atoms with Crippen molar-refractivity contribution < 1.29 is 18.3 Å². The molecule has 112 valence electrons.